The fraction of sp³-hybridized carbons (Fsp3) is 0.333. The van der Waals surface area contributed by atoms with Gasteiger partial charge in [0.05, 0.1) is 5.75 Å². The van der Waals surface area contributed by atoms with E-state index >= 15 is 0 Å². The van der Waals surface area contributed by atoms with Crippen LogP contribution in [0.3, 0.4) is 0 Å². The van der Waals surface area contributed by atoms with E-state index in [0.29, 0.717) is 24.2 Å². The minimum absolute atomic E-state index is 0.101. The lowest BCUT2D eigenvalue weighted by Gasteiger charge is -2.30. The maximum Gasteiger partial charge on any atom is 0.321 e. The topological polar surface area (TPSA) is 100 Å². The van der Waals surface area contributed by atoms with E-state index in [9.17, 15) is 9.59 Å². The molecule has 2 heterocycles. The Balaban J connectivity index is 1.24. The first-order valence-electron chi connectivity index (χ1n) is 10.9. The number of amides is 3. The highest BCUT2D eigenvalue weighted by molar-refractivity contribution is 7.99. The number of hydrogen-bond acceptors (Lipinski definition) is 6. The zero-order valence-corrected chi connectivity index (χ0v) is 19.5. The lowest BCUT2D eigenvalue weighted by Crippen LogP contribution is -2.40. The van der Waals surface area contributed by atoms with E-state index in [0.717, 1.165) is 35.3 Å². The summed E-state index contributed by atoms with van der Waals surface area (Å²) in [4.78, 5) is 26.6. The van der Waals surface area contributed by atoms with Crippen molar-refractivity contribution in [3.05, 3.63) is 65.5 Å². The molecule has 8 nitrogen and oxygen atoms in total. The van der Waals surface area contributed by atoms with Crippen molar-refractivity contribution in [3.8, 4) is 0 Å². The number of thioether (sulfide) groups is 1. The van der Waals surface area contributed by atoms with Crippen molar-refractivity contribution < 1.29 is 14.0 Å². The Labute approximate surface area is 197 Å². The SMILES string of the molecule is Cc1cccc(NC(=O)CSc2nnc(C3CCN(C(=O)Nc4ccccc4)CC3)o2)c1C. The summed E-state index contributed by atoms with van der Waals surface area (Å²) < 4.78 is 5.80. The Morgan fingerprint density at radius 3 is 2.55 bits per heavy atom. The summed E-state index contributed by atoms with van der Waals surface area (Å²) in [6.45, 7) is 5.23. The largest absolute Gasteiger partial charge is 0.416 e. The number of carbonyl (C=O) groups is 2. The quantitative estimate of drug-likeness (QED) is 0.506. The van der Waals surface area contributed by atoms with Gasteiger partial charge < -0.3 is 20.0 Å². The van der Waals surface area contributed by atoms with Gasteiger partial charge in [0.25, 0.3) is 5.22 Å². The zero-order chi connectivity index (χ0) is 23.2. The number of likely N-dealkylation sites (tertiary alicyclic amines) is 1. The molecule has 3 amide bonds. The van der Waals surface area contributed by atoms with E-state index in [4.69, 9.17) is 4.42 Å². The third-order valence-electron chi connectivity index (χ3n) is 5.78. The fourth-order valence-electron chi connectivity index (χ4n) is 3.70. The molecule has 0 atom stereocenters. The lowest BCUT2D eigenvalue weighted by atomic mass is 9.97. The number of aryl methyl sites for hydroxylation is 1. The van der Waals surface area contributed by atoms with E-state index < -0.39 is 0 Å². The molecule has 0 spiro atoms. The standard InChI is InChI=1S/C24H27N5O3S/c1-16-7-6-10-20(17(16)2)26-21(30)15-33-24-28-27-22(32-24)18-11-13-29(14-12-18)23(31)25-19-8-4-3-5-9-19/h3-10,18H,11-15H2,1-2H3,(H,25,31)(H,26,30). The number of rotatable bonds is 6. The highest BCUT2D eigenvalue weighted by Gasteiger charge is 2.27. The maximum atomic E-state index is 12.5. The molecule has 1 aromatic heterocycles. The van der Waals surface area contributed by atoms with Crippen molar-refractivity contribution >= 4 is 35.1 Å². The number of anilines is 2. The van der Waals surface area contributed by atoms with Crippen LogP contribution >= 0.6 is 11.8 Å². The molecule has 0 bridgehead atoms. The summed E-state index contributed by atoms with van der Waals surface area (Å²) in [5, 5.41) is 14.5. The van der Waals surface area contributed by atoms with Gasteiger partial charge in [-0.2, -0.15) is 0 Å². The van der Waals surface area contributed by atoms with Crippen molar-refractivity contribution in [2.75, 3.05) is 29.5 Å². The van der Waals surface area contributed by atoms with Crippen molar-refractivity contribution in [2.45, 2.75) is 37.8 Å². The molecule has 1 aliphatic heterocycles. The van der Waals surface area contributed by atoms with Gasteiger partial charge in [0.2, 0.25) is 11.8 Å². The number of hydrogen-bond donors (Lipinski definition) is 2. The Hall–Kier alpha value is -3.33. The smallest absolute Gasteiger partial charge is 0.321 e. The van der Waals surface area contributed by atoms with Crippen LogP contribution in [0.15, 0.2) is 58.2 Å². The van der Waals surface area contributed by atoms with Crippen molar-refractivity contribution in [3.63, 3.8) is 0 Å². The van der Waals surface area contributed by atoms with Crippen molar-refractivity contribution in [1.82, 2.24) is 15.1 Å². The summed E-state index contributed by atoms with van der Waals surface area (Å²) in [6.07, 6.45) is 1.50. The molecule has 172 valence electrons. The summed E-state index contributed by atoms with van der Waals surface area (Å²) in [5.74, 6) is 0.741. The van der Waals surface area contributed by atoms with Gasteiger partial charge >= 0.3 is 6.03 Å². The molecule has 2 aromatic carbocycles. The maximum absolute atomic E-state index is 12.5. The van der Waals surface area contributed by atoms with Gasteiger partial charge in [-0.15, -0.1) is 10.2 Å². The highest BCUT2D eigenvalue weighted by atomic mass is 32.2. The fourth-order valence-corrected chi connectivity index (χ4v) is 4.27. The monoisotopic (exact) mass is 465 g/mol. The van der Waals surface area contributed by atoms with Crippen LogP contribution in [-0.4, -0.2) is 45.9 Å². The van der Waals surface area contributed by atoms with Crippen LogP contribution in [0.5, 0.6) is 0 Å². The second-order valence-corrected chi connectivity index (χ2v) is 8.97. The molecule has 1 saturated heterocycles. The van der Waals surface area contributed by atoms with Crippen LogP contribution in [0, 0.1) is 13.8 Å². The number of carbonyl (C=O) groups excluding carboxylic acids is 2. The van der Waals surface area contributed by atoms with Crippen LogP contribution in [-0.2, 0) is 4.79 Å². The summed E-state index contributed by atoms with van der Waals surface area (Å²) in [5.41, 5.74) is 3.78. The van der Waals surface area contributed by atoms with E-state index in [1.807, 2.05) is 62.4 Å². The van der Waals surface area contributed by atoms with E-state index in [-0.39, 0.29) is 23.6 Å². The third kappa shape index (κ3) is 5.92. The first kappa shape index (κ1) is 22.8. The Kier molecular flexibility index (Phi) is 7.29. The van der Waals surface area contributed by atoms with Gasteiger partial charge in [-0.25, -0.2) is 4.79 Å². The van der Waals surface area contributed by atoms with Crippen LogP contribution < -0.4 is 10.6 Å². The van der Waals surface area contributed by atoms with Crippen LogP contribution in [0.4, 0.5) is 16.2 Å². The average Bonchev–Trinajstić information content (AvgIpc) is 3.31. The minimum Gasteiger partial charge on any atom is -0.416 e. The molecule has 2 N–H and O–H groups in total. The number of para-hydroxylation sites is 1. The normalized spacial score (nSPS) is 14.2. The molecule has 3 aromatic rings. The molecule has 1 fully saturated rings. The van der Waals surface area contributed by atoms with Crippen molar-refractivity contribution in [2.24, 2.45) is 0 Å². The van der Waals surface area contributed by atoms with Crippen LogP contribution in [0.1, 0.15) is 35.8 Å². The van der Waals surface area contributed by atoms with E-state index in [1.54, 1.807) is 4.90 Å². The van der Waals surface area contributed by atoms with Gasteiger partial charge in [-0.1, -0.05) is 42.1 Å². The second kappa shape index (κ2) is 10.5. The number of piperidine rings is 1. The molecule has 9 heteroatoms. The number of aromatic nitrogens is 2. The second-order valence-electron chi connectivity index (χ2n) is 8.05. The Bertz CT molecular complexity index is 1110. The summed E-state index contributed by atoms with van der Waals surface area (Å²) >= 11 is 1.22. The zero-order valence-electron chi connectivity index (χ0n) is 18.7. The number of nitrogens with one attached hydrogen (secondary N) is 2. The predicted octanol–water partition coefficient (Wildman–Crippen LogP) is 4.83. The van der Waals surface area contributed by atoms with Gasteiger partial charge in [-0.05, 0) is 56.0 Å². The molecule has 4 rings (SSSR count). The van der Waals surface area contributed by atoms with Gasteiger partial charge in [0.1, 0.15) is 0 Å². The molecular weight excluding hydrogens is 438 g/mol. The van der Waals surface area contributed by atoms with Gasteiger partial charge in [-0.3, -0.25) is 4.79 Å². The molecule has 33 heavy (non-hydrogen) atoms. The third-order valence-corrected chi connectivity index (χ3v) is 6.60. The highest BCUT2D eigenvalue weighted by Crippen LogP contribution is 2.29. The molecule has 0 aliphatic carbocycles. The van der Waals surface area contributed by atoms with Gasteiger partial charge in [0.15, 0.2) is 0 Å². The van der Waals surface area contributed by atoms with E-state index in [2.05, 4.69) is 20.8 Å². The molecular formula is C24H27N5O3S. The Morgan fingerprint density at radius 2 is 1.79 bits per heavy atom. The molecule has 1 aliphatic rings. The molecule has 0 unspecified atom stereocenters. The Morgan fingerprint density at radius 1 is 1.03 bits per heavy atom. The first-order valence-corrected chi connectivity index (χ1v) is 11.9. The molecule has 0 saturated carbocycles. The van der Waals surface area contributed by atoms with Crippen LogP contribution in [0.2, 0.25) is 0 Å². The average molecular weight is 466 g/mol. The lowest BCUT2D eigenvalue weighted by molar-refractivity contribution is -0.113. The number of nitrogens with zero attached hydrogens (tertiary/aromatic N) is 3. The number of benzene rings is 2. The van der Waals surface area contributed by atoms with E-state index in [1.165, 1.54) is 11.8 Å². The van der Waals surface area contributed by atoms with Crippen LogP contribution in [0.25, 0.3) is 0 Å². The molecule has 0 radical (unpaired) electrons. The minimum atomic E-state index is -0.119. The summed E-state index contributed by atoms with van der Waals surface area (Å²) in [7, 11) is 0. The predicted molar refractivity (Wildman–Crippen MR) is 129 cm³/mol. The first-order chi connectivity index (χ1) is 16.0. The van der Waals surface area contributed by atoms with Gasteiger partial charge in [0, 0.05) is 30.4 Å². The van der Waals surface area contributed by atoms with Crippen molar-refractivity contribution in [1.29, 1.82) is 0 Å². The summed E-state index contributed by atoms with van der Waals surface area (Å²) in [6, 6.07) is 15.1. The number of urea groups is 1.